The fourth-order valence-electron chi connectivity index (χ4n) is 2.92. The molecule has 1 amide bonds. The van der Waals surface area contributed by atoms with Gasteiger partial charge in [-0.1, -0.05) is 6.07 Å². The van der Waals surface area contributed by atoms with Crippen LogP contribution >= 0.6 is 11.3 Å². The van der Waals surface area contributed by atoms with Gasteiger partial charge in [-0.2, -0.15) is 0 Å². The Morgan fingerprint density at radius 1 is 1.43 bits per heavy atom. The van der Waals surface area contributed by atoms with Gasteiger partial charge >= 0.3 is 0 Å². The fourth-order valence-corrected chi connectivity index (χ4v) is 3.69. The van der Waals surface area contributed by atoms with Gasteiger partial charge in [0.2, 0.25) is 5.91 Å². The molecule has 2 aromatic rings. The molecule has 0 bridgehead atoms. The Hall–Kier alpha value is -1.79. The third-order valence-corrected chi connectivity index (χ3v) is 5.03. The minimum Gasteiger partial charge on any atom is -0.375 e. The van der Waals surface area contributed by atoms with E-state index in [2.05, 4.69) is 11.1 Å². The molecule has 23 heavy (non-hydrogen) atoms. The van der Waals surface area contributed by atoms with Crippen molar-refractivity contribution in [2.24, 2.45) is 5.92 Å². The summed E-state index contributed by atoms with van der Waals surface area (Å²) in [7, 11) is 1.56. The lowest BCUT2D eigenvalue weighted by Gasteiger charge is -2.15. The van der Waals surface area contributed by atoms with Gasteiger partial charge in [-0.3, -0.25) is 9.78 Å². The minimum absolute atomic E-state index is 0.0787. The maximum absolute atomic E-state index is 11.9. The van der Waals surface area contributed by atoms with Gasteiger partial charge in [-0.05, 0) is 37.8 Å². The van der Waals surface area contributed by atoms with Crippen molar-refractivity contribution < 1.29 is 9.53 Å². The fraction of sp³-hybridized carbons (Fsp3) is 0.471. The lowest BCUT2D eigenvalue weighted by molar-refractivity contribution is -0.134. The summed E-state index contributed by atoms with van der Waals surface area (Å²) in [4.78, 5) is 23.0. The summed E-state index contributed by atoms with van der Waals surface area (Å²) in [5.74, 6) is 0.548. The van der Waals surface area contributed by atoms with Gasteiger partial charge in [0.1, 0.15) is 11.6 Å². The highest BCUT2D eigenvalue weighted by Gasteiger charge is 2.26. The number of methoxy groups -OCH3 is 1. The van der Waals surface area contributed by atoms with E-state index in [1.807, 2.05) is 29.3 Å². The second-order valence-corrected chi connectivity index (χ2v) is 6.80. The molecule has 0 spiro atoms. The maximum atomic E-state index is 11.9. The van der Waals surface area contributed by atoms with Gasteiger partial charge in [0.15, 0.2) is 0 Å². The van der Waals surface area contributed by atoms with Crippen LogP contribution in [0.4, 0.5) is 0 Å². The molecule has 0 N–H and O–H groups in total. The van der Waals surface area contributed by atoms with E-state index in [0.717, 1.165) is 48.0 Å². The second kappa shape index (κ2) is 7.19. The number of hydrogen-bond acceptors (Lipinski definition) is 5. The number of pyridine rings is 1. The molecule has 1 atom stereocenters. The predicted molar refractivity (Wildman–Crippen MR) is 90.3 cm³/mol. The third kappa shape index (κ3) is 3.95. The monoisotopic (exact) mass is 331 g/mol. The summed E-state index contributed by atoms with van der Waals surface area (Å²) in [6.07, 6.45) is 1.92. The van der Waals surface area contributed by atoms with Gasteiger partial charge in [0.05, 0.1) is 5.69 Å². The summed E-state index contributed by atoms with van der Waals surface area (Å²) in [5, 5.41) is 3.01. The van der Waals surface area contributed by atoms with E-state index in [0.29, 0.717) is 5.92 Å². The van der Waals surface area contributed by atoms with Crippen LogP contribution in [0.15, 0.2) is 23.6 Å². The van der Waals surface area contributed by atoms with Crippen LogP contribution in [0.25, 0.3) is 10.7 Å². The van der Waals surface area contributed by atoms with Crippen LogP contribution < -0.4 is 0 Å². The SMILES string of the molecule is COCC(=O)N1CCC(Cc2cccc(-c3nc(C)cs3)n2)C1. The predicted octanol–water partition coefficient (Wildman–Crippen LogP) is 2.55. The molecule has 0 aliphatic carbocycles. The van der Waals surface area contributed by atoms with Crippen LogP contribution in [0, 0.1) is 12.8 Å². The standard InChI is InChI=1S/C17H21N3O2S/c1-12-11-23-17(18-12)15-5-3-4-14(19-15)8-13-6-7-20(9-13)16(21)10-22-2/h3-5,11,13H,6-10H2,1-2H3. The summed E-state index contributed by atoms with van der Waals surface area (Å²) in [6, 6.07) is 6.10. The number of thiazole rings is 1. The Labute approximate surface area is 140 Å². The summed E-state index contributed by atoms with van der Waals surface area (Å²) >= 11 is 1.62. The quantitative estimate of drug-likeness (QED) is 0.845. The Balaban J connectivity index is 1.64. The van der Waals surface area contributed by atoms with Crippen molar-refractivity contribution in [1.29, 1.82) is 0 Å². The largest absolute Gasteiger partial charge is 0.375 e. The number of ether oxygens (including phenoxy) is 1. The molecule has 1 saturated heterocycles. The first-order valence-corrected chi connectivity index (χ1v) is 8.69. The lowest BCUT2D eigenvalue weighted by Crippen LogP contribution is -2.31. The van der Waals surface area contributed by atoms with Gasteiger partial charge in [-0.15, -0.1) is 11.3 Å². The highest BCUT2D eigenvalue weighted by atomic mass is 32.1. The Morgan fingerprint density at radius 2 is 2.30 bits per heavy atom. The number of carbonyl (C=O) groups excluding carboxylic acids is 1. The van der Waals surface area contributed by atoms with E-state index in [1.165, 1.54) is 0 Å². The molecule has 122 valence electrons. The van der Waals surface area contributed by atoms with E-state index in [-0.39, 0.29) is 12.5 Å². The molecule has 6 heteroatoms. The molecule has 5 nitrogen and oxygen atoms in total. The van der Waals surface area contributed by atoms with Crippen molar-refractivity contribution in [2.75, 3.05) is 26.8 Å². The van der Waals surface area contributed by atoms with Crippen LogP contribution in [0.3, 0.4) is 0 Å². The van der Waals surface area contributed by atoms with Crippen LogP contribution in [0.5, 0.6) is 0 Å². The Morgan fingerprint density at radius 3 is 3.04 bits per heavy atom. The molecule has 2 aromatic heterocycles. The van der Waals surface area contributed by atoms with Crippen LogP contribution in [-0.4, -0.2) is 47.6 Å². The van der Waals surface area contributed by atoms with E-state index in [4.69, 9.17) is 9.72 Å². The van der Waals surface area contributed by atoms with Crippen LogP contribution in [-0.2, 0) is 16.0 Å². The Kier molecular flexibility index (Phi) is 5.03. The van der Waals surface area contributed by atoms with Crippen molar-refractivity contribution in [3.8, 4) is 10.7 Å². The number of likely N-dealkylation sites (tertiary alicyclic amines) is 1. The van der Waals surface area contributed by atoms with Gasteiger partial charge in [-0.25, -0.2) is 4.98 Å². The number of hydrogen-bond donors (Lipinski definition) is 0. The molecule has 1 aliphatic rings. The van der Waals surface area contributed by atoms with Gasteiger partial charge in [0, 0.05) is 37.0 Å². The van der Waals surface area contributed by atoms with Crippen molar-refractivity contribution in [3.63, 3.8) is 0 Å². The summed E-state index contributed by atoms with van der Waals surface area (Å²) in [5.41, 5.74) is 3.03. The third-order valence-electron chi connectivity index (χ3n) is 4.05. The summed E-state index contributed by atoms with van der Waals surface area (Å²) in [6.45, 7) is 3.78. The van der Waals surface area contributed by atoms with E-state index < -0.39 is 0 Å². The first-order valence-electron chi connectivity index (χ1n) is 7.81. The van der Waals surface area contributed by atoms with Crippen molar-refractivity contribution >= 4 is 17.2 Å². The minimum atomic E-state index is 0.0787. The molecule has 0 radical (unpaired) electrons. The first kappa shape index (κ1) is 16.1. The number of nitrogens with zero attached hydrogens (tertiary/aromatic N) is 3. The zero-order valence-electron chi connectivity index (χ0n) is 13.5. The number of aromatic nitrogens is 2. The number of aryl methyl sites for hydroxylation is 1. The van der Waals surface area contributed by atoms with Crippen molar-refractivity contribution in [1.82, 2.24) is 14.9 Å². The van der Waals surface area contributed by atoms with Crippen molar-refractivity contribution in [3.05, 3.63) is 35.0 Å². The van der Waals surface area contributed by atoms with Crippen LogP contribution in [0.1, 0.15) is 17.8 Å². The molecule has 3 heterocycles. The highest BCUT2D eigenvalue weighted by molar-refractivity contribution is 7.13. The molecular formula is C17H21N3O2S. The number of carbonyl (C=O) groups is 1. The number of amides is 1. The summed E-state index contributed by atoms with van der Waals surface area (Å²) < 4.78 is 4.93. The highest BCUT2D eigenvalue weighted by Crippen LogP contribution is 2.24. The molecule has 1 unspecified atom stereocenters. The zero-order valence-corrected chi connectivity index (χ0v) is 14.3. The second-order valence-electron chi connectivity index (χ2n) is 5.94. The van der Waals surface area contributed by atoms with Gasteiger partial charge in [0.25, 0.3) is 0 Å². The van der Waals surface area contributed by atoms with E-state index >= 15 is 0 Å². The average Bonchev–Trinajstić information content (AvgIpc) is 3.17. The molecule has 1 fully saturated rings. The normalized spacial score (nSPS) is 17.7. The lowest BCUT2D eigenvalue weighted by atomic mass is 10.0. The smallest absolute Gasteiger partial charge is 0.248 e. The molecule has 0 saturated carbocycles. The molecular weight excluding hydrogens is 310 g/mol. The molecule has 0 aromatic carbocycles. The molecule has 1 aliphatic heterocycles. The Bertz CT molecular complexity index is 686. The number of rotatable bonds is 5. The maximum Gasteiger partial charge on any atom is 0.248 e. The molecule has 3 rings (SSSR count). The van der Waals surface area contributed by atoms with Crippen molar-refractivity contribution in [2.45, 2.75) is 19.8 Å². The average molecular weight is 331 g/mol. The zero-order chi connectivity index (χ0) is 16.2. The van der Waals surface area contributed by atoms with Gasteiger partial charge < -0.3 is 9.64 Å². The topological polar surface area (TPSA) is 55.3 Å². The first-order chi connectivity index (χ1) is 11.2. The van der Waals surface area contributed by atoms with E-state index in [9.17, 15) is 4.79 Å². The van der Waals surface area contributed by atoms with Crippen LogP contribution in [0.2, 0.25) is 0 Å². The van der Waals surface area contributed by atoms with E-state index in [1.54, 1.807) is 18.4 Å².